The third-order valence-electron chi connectivity index (χ3n) is 4.15. The molecular formula is C21H21N3O3. The Morgan fingerprint density at radius 3 is 2.37 bits per heavy atom. The van der Waals surface area contributed by atoms with E-state index in [-0.39, 0.29) is 18.3 Å². The van der Waals surface area contributed by atoms with Gasteiger partial charge >= 0.3 is 5.97 Å². The summed E-state index contributed by atoms with van der Waals surface area (Å²) < 4.78 is 6.70. The zero-order chi connectivity index (χ0) is 19.2. The fourth-order valence-corrected chi connectivity index (χ4v) is 2.89. The maximum atomic E-state index is 11.6. The smallest absolute Gasteiger partial charge is 0.307 e. The summed E-state index contributed by atoms with van der Waals surface area (Å²) in [5, 5.41) is 2.76. The molecule has 0 radical (unpaired) electrons. The van der Waals surface area contributed by atoms with Crippen LogP contribution in [-0.2, 0) is 20.9 Å². The lowest BCUT2D eigenvalue weighted by atomic mass is 10.0. The zero-order valence-electron chi connectivity index (χ0n) is 15.3. The van der Waals surface area contributed by atoms with Crippen molar-refractivity contribution in [2.75, 3.05) is 12.4 Å². The van der Waals surface area contributed by atoms with E-state index < -0.39 is 0 Å². The number of amides is 1. The fourth-order valence-electron chi connectivity index (χ4n) is 2.89. The van der Waals surface area contributed by atoms with E-state index in [0.29, 0.717) is 6.54 Å². The molecule has 1 amide bonds. The van der Waals surface area contributed by atoms with Crippen molar-refractivity contribution in [3.05, 3.63) is 60.9 Å². The molecule has 6 heteroatoms. The topological polar surface area (TPSA) is 73.2 Å². The predicted octanol–water partition coefficient (Wildman–Crippen LogP) is 3.74. The van der Waals surface area contributed by atoms with Crippen LogP contribution in [-0.4, -0.2) is 28.5 Å². The molecule has 2 aromatic carbocycles. The average molecular weight is 363 g/mol. The Morgan fingerprint density at radius 1 is 1.04 bits per heavy atom. The largest absolute Gasteiger partial charge is 0.469 e. The van der Waals surface area contributed by atoms with Gasteiger partial charge in [-0.15, -0.1) is 0 Å². The summed E-state index contributed by atoms with van der Waals surface area (Å²) >= 11 is 0. The Bertz CT molecular complexity index is 931. The van der Waals surface area contributed by atoms with Gasteiger partial charge in [-0.05, 0) is 12.1 Å². The number of imidazole rings is 1. The molecule has 1 aromatic heterocycles. The van der Waals surface area contributed by atoms with Crippen LogP contribution in [0.5, 0.6) is 0 Å². The van der Waals surface area contributed by atoms with Crippen LogP contribution in [0.15, 0.2) is 60.9 Å². The van der Waals surface area contributed by atoms with Crippen LogP contribution in [0.25, 0.3) is 22.5 Å². The van der Waals surface area contributed by atoms with Crippen LogP contribution < -0.4 is 5.32 Å². The highest BCUT2D eigenvalue weighted by Gasteiger charge is 2.16. The quantitative estimate of drug-likeness (QED) is 0.677. The molecule has 1 N–H and O–H groups in total. The number of nitrogens with zero attached hydrogens (tertiary/aromatic N) is 2. The van der Waals surface area contributed by atoms with Gasteiger partial charge in [-0.3, -0.25) is 9.59 Å². The lowest BCUT2D eigenvalue weighted by Gasteiger charge is -2.11. The molecule has 0 bridgehead atoms. The van der Waals surface area contributed by atoms with Gasteiger partial charge in [-0.25, -0.2) is 4.98 Å². The van der Waals surface area contributed by atoms with Gasteiger partial charge in [0.05, 0.1) is 31.2 Å². The van der Waals surface area contributed by atoms with Crippen molar-refractivity contribution in [2.24, 2.45) is 0 Å². The first-order valence-corrected chi connectivity index (χ1v) is 8.64. The predicted molar refractivity (Wildman–Crippen MR) is 104 cm³/mol. The van der Waals surface area contributed by atoms with Crippen LogP contribution in [0.3, 0.4) is 0 Å². The summed E-state index contributed by atoms with van der Waals surface area (Å²) in [5.74, 6) is -0.382. The van der Waals surface area contributed by atoms with E-state index >= 15 is 0 Å². The van der Waals surface area contributed by atoms with Crippen molar-refractivity contribution in [1.82, 2.24) is 9.55 Å². The Balaban J connectivity index is 2.00. The Hall–Kier alpha value is -3.41. The molecular weight excluding hydrogens is 342 g/mol. The molecule has 0 atom stereocenters. The number of carbonyl (C=O) groups is 2. The van der Waals surface area contributed by atoms with Crippen LogP contribution in [0.4, 0.5) is 5.69 Å². The highest BCUT2D eigenvalue weighted by atomic mass is 16.5. The molecule has 0 aliphatic rings. The number of anilines is 1. The first kappa shape index (κ1) is 18.4. The summed E-state index contributed by atoms with van der Waals surface area (Å²) in [5.41, 5.74) is 4.43. The van der Waals surface area contributed by atoms with Crippen molar-refractivity contribution < 1.29 is 14.3 Å². The van der Waals surface area contributed by atoms with Crippen molar-refractivity contribution in [3.63, 3.8) is 0 Å². The molecule has 0 aliphatic heterocycles. The van der Waals surface area contributed by atoms with E-state index in [1.165, 1.54) is 14.0 Å². The van der Waals surface area contributed by atoms with E-state index in [9.17, 15) is 9.59 Å². The molecule has 0 spiro atoms. The number of aromatic nitrogens is 2. The van der Waals surface area contributed by atoms with E-state index in [1.807, 2.05) is 59.2 Å². The number of aryl methyl sites for hydroxylation is 1. The summed E-state index contributed by atoms with van der Waals surface area (Å²) in [7, 11) is 1.38. The average Bonchev–Trinajstić information content (AvgIpc) is 3.11. The van der Waals surface area contributed by atoms with E-state index in [0.717, 1.165) is 28.2 Å². The molecule has 1 heterocycles. The molecule has 0 unspecified atom stereocenters. The van der Waals surface area contributed by atoms with Gasteiger partial charge in [-0.1, -0.05) is 42.5 Å². The molecule has 3 rings (SSSR count). The molecule has 3 aromatic rings. The molecule has 0 fully saturated rings. The lowest BCUT2D eigenvalue weighted by Crippen LogP contribution is -2.08. The second kappa shape index (κ2) is 8.31. The number of nitrogens with one attached hydrogen (secondary N) is 1. The van der Waals surface area contributed by atoms with Crippen molar-refractivity contribution in [3.8, 4) is 22.5 Å². The molecule has 27 heavy (non-hydrogen) atoms. The first-order valence-electron chi connectivity index (χ1n) is 8.64. The van der Waals surface area contributed by atoms with Crippen LogP contribution in [0, 0.1) is 0 Å². The number of ether oxygens (including phenoxy) is 1. The monoisotopic (exact) mass is 363 g/mol. The van der Waals surface area contributed by atoms with Gasteiger partial charge in [0.15, 0.2) is 0 Å². The maximum absolute atomic E-state index is 11.6. The summed E-state index contributed by atoms with van der Waals surface area (Å²) in [6, 6.07) is 17.5. The lowest BCUT2D eigenvalue weighted by molar-refractivity contribution is -0.140. The van der Waals surface area contributed by atoms with Gasteiger partial charge in [-0.2, -0.15) is 0 Å². The SMILES string of the molecule is COC(=O)CCn1cnc(-c2ccccc2)c1-c1ccc(NC(C)=O)cc1. The Kier molecular flexibility index (Phi) is 5.66. The molecule has 0 saturated heterocycles. The van der Waals surface area contributed by atoms with Gasteiger partial charge in [0.25, 0.3) is 0 Å². The van der Waals surface area contributed by atoms with E-state index in [1.54, 1.807) is 6.33 Å². The molecule has 0 aliphatic carbocycles. The number of esters is 1. The van der Waals surface area contributed by atoms with Crippen LogP contribution >= 0.6 is 0 Å². The number of benzene rings is 2. The minimum Gasteiger partial charge on any atom is -0.469 e. The number of hydrogen-bond donors (Lipinski definition) is 1. The number of hydrogen-bond acceptors (Lipinski definition) is 4. The van der Waals surface area contributed by atoms with Gasteiger partial charge in [0, 0.05) is 30.3 Å². The highest BCUT2D eigenvalue weighted by molar-refractivity contribution is 5.89. The number of methoxy groups -OCH3 is 1. The van der Waals surface area contributed by atoms with Gasteiger partial charge in [0.2, 0.25) is 5.91 Å². The Labute approximate surface area is 157 Å². The summed E-state index contributed by atoms with van der Waals surface area (Å²) in [6.45, 7) is 1.94. The van der Waals surface area contributed by atoms with E-state index in [4.69, 9.17) is 4.74 Å². The first-order chi connectivity index (χ1) is 13.1. The van der Waals surface area contributed by atoms with Crippen molar-refractivity contribution in [2.45, 2.75) is 19.9 Å². The highest BCUT2D eigenvalue weighted by Crippen LogP contribution is 2.32. The second-order valence-corrected chi connectivity index (χ2v) is 6.09. The fraction of sp³-hybridized carbons (Fsp3) is 0.190. The normalized spacial score (nSPS) is 10.4. The minimum atomic E-state index is -0.267. The molecule has 138 valence electrons. The number of rotatable bonds is 6. The third kappa shape index (κ3) is 4.41. The molecule has 6 nitrogen and oxygen atoms in total. The van der Waals surface area contributed by atoms with Crippen molar-refractivity contribution >= 4 is 17.6 Å². The molecule has 0 saturated carbocycles. The maximum Gasteiger partial charge on any atom is 0.307 e. The van der Waals surface area contributed by atoms with Crippen LogP contribution in [0.2, 0.25) is 0 Å². The number of carbonyl (C=O) groups excluding carboxylic acids is 2. The standard InChI is InChI=1S/C21H21N3O3/c1-15(25)23-18-10-8-17(9-11-18)21-20(16-6-4-3-5-7-16)22-14-24(21)13-12-19(26)27-2/h3-11,14H,12-13H2,1-2H3,(H,23,25). The summed E-state index contributed by atoms with van der Waals surface area (Å²) in [6.07, 6.45) is 2.00. The van der Waals surface area contributed by atoms with Gasteiger partial charge < -0.3 is 14.6 Å². The van der Waals surface area contributed by atoms with E-state index in [2.05, 4.69) is 10.3 Å². The summed E-state index contributed by atoms with van der Waals surface area (Å²) in [4.78, 5) is 27.4. The zero-order valence-corrected chi connectivity index (χ0v) is 15.3. The van der Waals surface area contributed by atoms with Crippen molar-refractivity contribution in [1.29, 1.82) is 0 Å². The third-order valence-corrected chi connectivity index (χ3v) is 4.15. The minimum absolute atomic E-state index is 0.115. The van der Waals surface area contributed by atoms with Gasteiger partial charge in [0.1, 0.15) is 0 Å². The second-order valence-electron chi connectivity index (χ2n) is 6.09. The Morgan fingerprint density at radius 2 is 1.74 bits per heavy atom. The van der Waals surface area contributed by atoms with Crippen LogP contribution in [0.1, 0.15) is 13.3 Å².